The molecule has 0 radical (unpaired) electrons. The van der Waals surface area contributed by atoms with Crippen LogP contribution in [0.25, 0.3) is 0 Å². The van der Waals surface area contributed by atoms with Gasteiger partial charge in [0.2, 0.25) is 0 Å². The second-order valence-electron chi connectivity index (χ2n) is 5.31. The molecular formula is C18H21NO2. The fraction of sp³-hybridized carbons (Fsp3) is 0.278. The largest absolute Gasteiger partial charge is 0.497 e. The van der Waals surface area contributed by atoms with Gasteiger partial charge in [-0.2, -0.15) is 0 Å². The molecule has 0 spiro atoms. The Hall–Kier alpha value is -2.29. The highest BCUT2D eigenvalue weighted by Gasteiger charge is 2.06. The lowest BCUT2D eigenvalue weighted by Crippen LogP contribution is -2.22. The van der Waals surface area contributed by atoms with Crippen molar-refractivity contribution < 1.29 is 9.53 Å². The van der Waals surface area contributed by atoms with Crippen LogP contribution in [0, 0.1) is 0 Å². The maximum absolute atomic E-state index is 12.1. The summed E-state index contributed by atoms with van der Waals surface area (Å²) in [6, 6.07) is 15.4. The second-order valence-corrected chi connectivity index (χ2v) is 5.31. The van der Waals surface area contributed by atoms with Crippen LogP contribution in [0.4, 0.5) is 0 Å². The fourth-order valence-electron chi connectivity index (χ4n) is 2.09. The first-order chi connectivity index (χ1) is 10.1. The van der Waals surface area contributed by atoms with Crippen LogP contribution in [-0.4, -0.2) is 13.0 Å². The summed E-state index contributed by atoms with van der Waals surface area (Å²) in [4.78, 5) is 12.1. The van der Waals surface area contributed by atoms with Gasteiger partial charge in [0, 0.05) is 12.1 Å². The average Bonchev–Trinajstić information content (AvgIpc) is 2.53. The standard InChI is InChI=1S/C18H21NO2/c1-13(2)15-7-9-16(10-8-15)18(20)19-12-14-5-4-6-17(11-14)21-3/h4-11,13H,12H2,1-3H3,(H,19,20). The molecule has 0 aliphatic heterocycles. The van der Waals surface area contributed by atoms with Gasteiger partial charge in [-0.25, -0.2) is 0 Å². The number of rotatable bonds is 5. The molecule has 0 atom stereocenters. The Balaban J connectivity index is 1.97. The Bertz CT molecular complexity index is 603. The quantitative estimate of drug-likeness (QED) is 0.907. The van der Waals surface area contributed by atoms with Gasteiger partial charge in [-0.1, -0.05) is 38.1 Å². The molecule has 0 unspecified atom stereocenters. The third-order valence-corrected chi connectivity index (χ3v) is 3.43. The van der Waals surface area contributed by atoms with Crippen molar-refractivity contribution in [1.29, 1.82) is 0 Å². The van der Waals surface area contributed by atoms with Crippen molar-refractivity contribution in [2.45, 2.75) is 26.3 Å². The molecule has 0 aromatic heterocycles. The first-order valence-electron chi connectivity index (χ1n) is 7.11. The minimum atomic E-state index is -0.0619. The first-order valence-corrected chi connectivity index (χ1v) is 7.11. The molecule has 1 amide bonds. The predicted octanol–water partition coefficient (Wildman–Crippen LogP) is 3.75. The molecule has 0 bridgehead atoms. The summed E-state index contributed by atoms with van der Waals surface area (Å²) in [5.74, 6) is 1.20. The van der Waals surface area contributed by atoms with Gasteiger partial charge in [0.1, 0.15) is 5.75 Å². The summed E-state index contributed by atoms with van der Waals surface area (Å²) in [5.41, 5.74) is 2.93. The van der Waals surface area contributed by atoms with E-state index in [9.17, 15) is 4.79 Å². The summed E-state index contributed by atoms with van der Waals surface area (Å²) >= 11 is 0. The van der Waals surface area contributed by atoms with Gasteiger partial charge in [-0.15, -0.1) is 0 Å². The Morgan fingerprint density at radius 1 is 1.14 bits per heavy atom. The summed E-state index contributed by atoms with van der Waals surface area (Å²) in [5, 5.41) is 2.92. The van der Waals surface area contributed by atoms with Crippen LogP contribution >= 0.6 is 0 Å². The highest BCUT2D eigenvalue weighted by Crippen LogP contribution is 2.15. The zero-order valence-electron chi connectivity index (χ0n) is 12.7. The summed E-state index contributed by atoms with van der Waals surface area (Å²) in [6.45, 7) is 4.76. The van der Waals surface area contributed by atoms with Gasteiger partial charge in [-0.3, -0.25) is 4.79 Å². The van der Waals surface area contributed by atoms with Crippen molar-refractivity contribution in [1.82, 2.24) is 5.32 Å². The van der Waals surface area contributed by atoms with E-state index in [4.69, 9.17) is 4.74 Å². The van der Waals surface area contributed by atoms with E-state index >= 15 is 0 Å². The van der Waals surface area contributed by atoms with E-state index in [1.807, 2.05) is 48.5 Å². The number of amides is 1. The maximum atomic E-state index is 12.1. The second kappa shape index (κ2) is 6.93. The molecular weight excluding hydrogens is 262 g/mol. The van der Waals surface area contributed by atoms with Crippen LogP contribution in [0.1, 0.15) is 41.3 Å². The fourth-order valence-corrected chi connectivity index (χ4v) is 2.09. The molecule has 110 valence electrons. The Labute approximate surface area is 126 Å². The number of nitrogens with one attached hydrogen (secondary N) is 1. The van der Waals surface area contributed by atoms with E-state index in [-0.39, 0.29) is 5.91 Å². The number of carbonyl (C=O) groups is 1. The molecule has 0 fully saturated rings. The highest BCUT2D eigenvalue weighted by atomic mass is 16.5. The predicted molar refractivity (Wildman–Crippen MR) is 84.7 cm³/mol. The highest BCUT2D eigenvalue weighted by molar-refractivity contribution is 5.94. The van der Waals surface area contributed by atoms with Crippen molar-refractivity contribution in [3.05, 3.63) is 65.2 Å². The molecule has 0 aliphatic carbocycles. The van der Waals surface area contributed by atoms with Crippen LogP contribution < -0.4 is 10.1 Å². The Morgan fingerprint density at radius 2 is 1.86 bits per heavy atom. The minimum Gasteiger partial charge on any atom is -0.497 e. The topological polar surface area (TPSA) is 38.3 Å². The lowest BCUT2D eigenvalue weighted by Gasteiger charge is -2.09. The maximum Gasteiger partial charge on any atom is 0.251 e. The number of carbonyl (C=O) groups excluding carboxylic acids is 1. The van der Waals surface area contributed by atoms with Gasteiger partial charge in [0.15, 0.2) is 0 Å². The van der Waals surface area contributed by atoms with Crippen LogP contribution in [0.5, 0.6) is 5.75 Å². The van der Waals surface area contributed by atoms with Gasteiger partial charge >= 0.3 is 0 Å². The zero-order valence-corrected chi connectivity index (χ0v) is 12.7. The SMILES string of the molecule is COc1cccc(CNC(=O)c2ccc(C(C)C)cc2)c1. The number of methoxy groups -OCH3 is 1. The Kier molecular flexibility index (Phi) is 4.99. The van der Waals surface area contributed by atoms with Crippen molar-refractivity contribution in [2.75, 3.05) is 7.11 Å². The first kappa shape index (κ1) is 15.1. The van der Waals surface area contributed by atoms with Gasteiger partial charge < -0.3 is 10.1 Å². The van der Waals surface area contributed by atoms with Crippen LogP contribution in [0.15, 0.2) is 48.5 Å². The van der Waals surface area contributed by atoms with E-state index in [0.717, 1.165) is 11.3 Å². The molecule has 1 N–H and O–H groups in total. The summed E-state index contributed by atoms with van der Waals surface area (Å²) in [7, 11) is 1.63. The molecule has 0 aliphatic rings. The van der Waals surface area contributed by atoms with Gasteiger partial charge in [0.25, 0.3) is 5.91 Å². The molecule has 0 heterocycles. The number of ether oxygens (including phenoxy) is 1. The smallest absolute Gasteiger partial charge is 0.251 e. The molecule has 21 heavy (non-hydrogen) atoms. The van der Waals surface area contributed by atoms with Crippen LogP contribution in [0.2, 0.25) is 0 Å². The molecule has 3 heteroatoms. The van der Waals surface area contributed by atoms with Crippen molar-refractivity contribution in [2.24, 2.45) is 0 Å². The van der Waals surface area contributed by atoms with Crippen molar-refractivity contribution in [3.8, 4) is 5.75 Å². The summed E-state index contributed by atoms with van der Waals surface area (Å²) < 4.78 is 5.17. The number of benzene rings is 2. The van der Waals surface area contributed by atoms with Crippen LogP contribution in [0.3, 0.4) is 0 Å². The van der Waals surface area contributed by atoms with Crippen molar-refractivity contribution in [3.63, 3.8) is 0 Å². The van der Waals surface area contributed by atoms with E-state index in [0.29, 0.717) is 18.0 Å². The monoisotopic (exact) mass is 283 g/mol. The van der Waals surface area contributed by atoms with E-state index in [1.54, 1.807) is 7.11 Å². The molecule has 0 saturated carbocycles. The van der Waals surface area contributed by atoms with E-state index < -0.39 is 0 Å². The normalized spacial score (nSPS) is 10.5. The van der Waals surface area contributed by atoms with E-state index in [1.165, 1.54) is 5.56 Å². The van der Waals surface area contributed by atoms with E-state index in [2.05, 4.69) is 19.2 Å². The average molecular weight is 283 g/mol. The summed E-state index contributed by atoms with van der Waals surface area (Å²) in [6.07, 6.45) is 0. The third kappa shape index (κ3) is 4.09. The minimum absolute atomic E-state index is 0.0619. The molecule has 2 rings (SSSR count). The molecule has 2 aromatic carbocycles. The Morgan fingerprint density at radius 3 is 2.48 bits per heavy atom. The number of hydrogen-bond acceptors (Lipinski definition) is 2. The molecule has 3 nitrogen and oxygen atoms in total. The molecule has 2 aromatic rings. The number of hydrogen-bond donors (Lipinski definition) is 1. The van der Waals surface area contributed by atoms with Crippen molar-refractivity contribution >= 4 is 5.91 Å². The van der Waals surface area contributed by atoms with Crippen LogP contribution in [-0.2, 0) is 6.54 Å². The third-order valence-electron chi connectivity index (χ3n) is 3.43. The van der Waals surface area contributed by atoms with Gasteiger partial charge in [-0.05, 0) is 41.3 Å². The lowest BCUT2D eigenvalue weighted by atomic mass is 10.0. The molecule has 0 saturated heterocycles. The van der Waals surface area contributed by atoms with Gasteiger partial charge in [0.05, 0.1) is 7.11 Å². The lowest BCUT2D eigenvalue weighted by molar-refractivity contribution is 0.0951. The zero-order chi connectivity index (χ0) is 15.2.